The average Bonchev–Trinajstić information content (AvgIpc) is 2.68. The molecular formula is C24H25NOS. The van der Waals surface area contributed by atoms with Crippen LogP contribution in [0.15, 0.2) is 71.1 Å². The summed E-state index contributed by atoms with van der Waals surface area (Å²) in [4.78, 5) is 3.81. The van der Waals surface area contributed by atoms with Gasteiger partial charge in [-0.15, -0.1) is 11.8 Å². The smallest absolute Gasteiger partial charge is 0.120 e. The zero-order chi connectivity index (χ0) is 18.6. The maximum Gasteiger partial charge on any atom is 0.120 e. The van der Waals surface area contributed by atoms with Crippen LogP contribution in [0.25, 0.3) is 16.8 Å². The van der Waals surface area contributed by atoms with Crippen molar-refractivity contribution in [1.29, 1.82) is 0 Å². The van der Waals surface area contributed by atoms with Crippen molar-refractivity contribution in [2.45, 2.75) is 18.7 Å². The molecule has 0 bridgehead atoms. The van der Waals surface area contributed by atoms with Gasteiger partial charge in [0.1, 0.15) is 12.4 Å². The highest BCUT2D eigenvalue weighted by Gasteiger charge is 2.16. The van der Waals surface area contributed by atoms with Gasteiger partial charge in [-0.1, -0.05) is 42.0 Å². The molecule has 3 aromatic carbocycles. The molecule has 0 fully saturated rings. The van der Waals surface area contributed by atoms with E-state index in [4.69, 9.17) is 4.74 Å². The van der Waals surface area contributed by atoms with Gasteiger partial charge in [0.25, 0.3) is 0 Å². The number of hydrogen-bond acceptors (Lipinski definition) is 3. The van der Waals surface area contributed by atoms with Crippen molar-refractivity contribution in [2.75, 3.05) is 30.3 Å². The summed E-state index contributed by atoms with van der Waals surface area (Å²) in [7, 11) is 0. The molecule has 0 atom stereocenters. The molecule has 1 heterocycles. The maximum absolute atomic E-state index is 6.07. The molecule has 1 aliphatic heterocycles. The minimum Gasteiger partial charge on any atom is -0.492 e. The van der Waals surface area contributed by atoms with Crippen LogP contribution in [0, 0.1) is 0 Å². The van der Waals surface area contributed by atoms with Gasteiger partial charge in [-0.25, -0.2) is 0 Å². The van der Waals surface area contributed by atoms with Crippen LogP contribution in [0.4, 0.5) is 5.69 Å². The summed E-state index contributed by atoms with van der Waals surface area (Å²) in [6, 6.07) is 21.6. The standard InChI is InChI=1S/C24H25NOS/c1-18(2)15-19-7-8-21-17-22(10-9-20(21)16-19)26-13-11-25-12-14-27-24-6-4-3-5-23(24)25/h3-10,15-17H,11-14H2,1-2H3. The van der Waals surface area contributed by atoms with Gasteiger partial charge in [0, 0.05) is 17.2 Å². The number of anilines is 1. The number of benzene rings is 3. The molecule has 27 heavy (non-hydrogen) atoms. The molecule has 2 nitrogen and oxygen atoms in total. The van der Waals surface area contributed by atoms with E-state index in [1.54, 1.807) is 0 Å². The quantitative estimate of drug-likeness (QED) is 0.523. The first-order chi connectivity index (χ1) is 13.2. The molecule has 0 saturated carbocycles. The van der Waals surface area contributed by atoms with Gasteiger partial charge in [0.15, 0.2) is 0 Å². The van der Waals surface area contributed by atoms with Gasteiger partial charge in [0.05, 0.1) is 12.2 Å². The van der Waals surface area contributed by atoms with Gasteiger partial charge in [-0.3, -0.25) is 0 Å². The van der Waals surface area contributed by atoms with Crippen LogP contribution >= 0.6 is 11.8 Å². The van der Waals surface area contributed by atoms with Crippen molar-refractivity contribution in [3.05, 3.63) is 71.8 Å². The first kappa shape index (κ1) is 18.0. The Morgan fingerprint density at radius 2 is 1.85 bits per heavy atom. The highest BCUT2D eigenvalue weighted by atomic mass is 32.2. The number of rotatable bonds is 5. The number of ether oxygens (including phenoxy) is 1. The average molecular weight is 376 g/mol. The van der Waals surface area contributed by atoms with Gasteiger partial charge in [0.2, 0.25) is 0 Å². The van der Waals surface area contributed by atoms with E-state index in [1.807, 2.05) is 11.8 Å². The summed E-state index contributed by atoms with van der Waals surface area (Å²) in [5.41, 5.74) is 3.90. The van der Waals surface area contributed by atoms with Gasteiger partial charge in [-0.2, -0.15) is 0 Å². The van der Waals surface area contributed by atoms with Crippen molar-refractivity contribution >= 4 is 34.3 Å². The van der Waals surface area contributed by atoms with E-state index in [2.05, 4.69) is 85.5 Å². The normalized spacial score (nSPS) is 13.3. The maximum atomic E-state index is 6.07. The lowest BCUT2D eigenvalue weighted by atomic mass is 10.1. The Bertz CT molecular complexity index is 975. The second kappa shape index (κ2) is 8.10. The highest BCUT2D eigenvalue weighted by molar-refractivity contribution is 7.99. The lowest BCUT2D eigenvalue weighted by molar-refractivity contribution is 0.324. The number of hydrogen-bond donors (Lipinski definition) is 0. The monoisotopic (exact) mass is 375 g/mol. The summed E-state index contributed by atoms with van der Waals surface area (Å²) in [5, 5.41) is 2.47. The summed E-state index contributed by atoms with van der Waals surface area (Å²) in [5.74, 6) is 2.08. The Balaban J connectivity index is 1.42. The van der Waals surface area contributed by atoms with Crippen LogP contribution in [0.1, 0.15) is 19.4 Å². The van der Waals surface area contributed by atoms with E-state index < -0.39 is 0 Å². The van der Waals surface area contributed by atoms with E-state index >= 15 is 0 Å². The van der Waals surface area contributed by atoms with Crippen molar-refractivity contribution in [3.63, 3.8) is 0 Å². The second-order valence-electron chi connectivity index (χ2n) is 7.14. The first-order valence-corrected chi connectivity index (χ1v) is 10.5. The van der Waals surface area contributed by atoms with Crippen LogP contribution in [-0.4, -0.2) is 25.4 Å². The van der Waals surface area contributed by atoms with Gasteiger partial charge >= 0.3 is 0 Å². The van der Waals surface area contributed by atoms with Crippen molar-refractivity contribution in [1.82, 2.24) is 0 Å². The molecule has 0 aliphatic carbocycles. The third-order valence-electron chi connectivity index (χ3n) is 4.75. The Kier molecular flexibility index (Phi) is 5.40. The zero-order valence-electron chi connectivity index (χ0n) is 15.9. The molecular weight excluding hydrogens is 350 g/mol. The Morgan fingerprint density at radius 1 is 1.04 bits per heavy atom. The minimum atomic E-state index is 0.695. The fraction of sp³-hybridized carbons (Fsp3) is 0.250. The number of fused-ring (bicyclic) bond motifs is 2. The predicted octanol–water partition coefficient (Wildman–Crippen LogP) is 6.25. The fourth-order valence-electron chi connectivity index (χ4n) is 3.49. The second-order valence-corrected chi connectivity index (χ2v) is 8.28. The SMILES string of the molecule is CC(C)=Cc1ccc2cc(OCCN3CCSc4ccccc43)ccc2c1. The van der Waals surface area contributed by atoms with E-state index in [9.17, 15) is 0 Å². The van der Waals surface area contributed by atoms with Crippen LogP contribution in [0.3, 0.4) is 0 Å². The Morgan fingerprint density at radius 3 is 2.74 bits per heavy atom. The van der Waals surface area contributed by atoms with E-state index in [-0.39, 0.29) is 0 Å². The lowest BCUT2D eigenvalue weighted by Gasteiger charge is -2.30. The molecule has 1 aliphatic rings. The molecule has 4 rings (SSSR count). The van der Waals surface area contributed by atoms with E-state index in [0.717, 1.165) is 24.6 Å². The Hall–Kier alpha value is -2.39. The molecule has 0 amide bonds. The van der Waals surface area contributed by atoms with E-state index in [0.29, 0.717) is 6.61 Å². The molecule has 0 N–H and O–H groups in total. The zero-order valence-corrected chi connectivity index (χ0v) is 16.8. The number of para-hydroxylation sites is 1. The van der Waals surface area contributed by atoms with Crippen LogP contribution < -0.4 is 9.64 Å². The van der Waals surface area contributed by atoms with Crippen LogP contribution in [0.2, 0.25) is 0 Å². The van der Waals surface area contributed by atoms with Crippen LogP contribution in [0.5, 0.6) is 5.75 Å². The molecule has 0 spiro atoms. The Labute approximate surface area is 165 Å². The first-order valence-electron chi connectivity index (χ1n) is 9.47. The highest BCUT2D eigenvalue weighted by Crippen LogP contribution is 2.34. The summed E-state index contributed by atoms with van der Waals surface area (Å²) < 4.78 is 6.07. The molecule has 3 heteroatoms. The van der Waals surface area contributed by atoms with Crippen molar-refractivity contribution in [2.24, 2.45) is 0 Å². The molecule has 138 valence electrons. The topological polar surface area (TPSA) is 12.5 Å². The van der Waals surface area contributed by atoms with Crippen molar-refractivity contribution < 1.29 is 4.74 Å². The number of thioether (sulfide) groups is 1. The third kappa shape index (κ3) is 4.30. The largest absolute Gasteiger partial charge is 0.492 e. The van der Waals surface area contributed by atoms with Crippen molar-refractivity contribution in [3.8, 4) is 5.75 Å². The predicted molar refractivity (Wildman–Crippen MR) is 118 cm³/mol. The summed E-state index contributed by atoms with van der Waals surface area (Å²) in [6.07, 6.45) is 2.21. The van der Waals surface area contributed by atoms with Crippen LogP contribution in [-0.2, 0) is 0 Å². The number of nitrogens with zero attached hydrogens (tertiary/aromatic N) is 1. The molecule has 0 aromatic heterocycles. The third-order valence-corrected chi connectivity index (χ3v) is 5.79. The summed E-state index contributed by atoms with van der Waals surface area (Å²) >= 11 is 1.94. The number of allylic oxidation sites excluding steroid dienone is 1. The van der Waals surface area contributed by atoms with Gasteiger partial charge in [-0.05, 0) is 60.5 Å². The fourth-order valence-corrected chi connectivity index (χ4v) is 4.54. The summed E-state index contributed by atoms with van der Waals surface area (Å²) in [6.45, 7) is 6.94. The van der Waals surface area contributed by atoms with Gasteiger partial charge < -0.3 is 9.64 Å². The molecule has 3 aromatic rings. The van der Waals surface area contributed by atoms with E-state index in [1.165, 1.54) is 32.5 Å². The molecule has 0 radical (unpaired) electrons. The molecule has 0 saturated heterocycles. The minimum absolute atomic E-state index is 0.695. The lowest BCUT2D eigenvalue weighted by Crippen LogP contribution is -2.33. The molecule has 0 unspecified atom stereocenters.